The molecule has 27 heavy (non-hydrogen) atoms. The molecule has 146 valence electrons. The van der Waals surface area contributed by atoms with Crippen molar-refractivity contribution in [3.63, 3.8) is 0 Å². The van der Waals surface area contributed by atoms with Crippen LogP contribution in [0.5, 0.6) is 0 Å². The third-order valence-electron chi connectivity index (χ3n) is 3.77. The van der Waals surface area contributed by atoms with Crippen LogP contribution in [0.1, 0.15) is 32.8 Å². The van der Waals surface area contributed by atoms with E-state index < -0.39 is 29.7 Å². The lowest BCUT2D eigenvalue weighted by atomic mass is 10.1. The Kier molecular flexibility index (Phi) is 6.44. The van der Waals surface area contributed by atoms with Crippen molar-refractivity contribution < 1.29 is 24.2 Å². The fourth-order valence-corrected chi connectivity index (χ4v) is 2.61. The van der Waals surface area contributed by atoms with Gasteiger partial charge < -0.3 is 15.2 Å². The molecular weight excluding hydrogens is 350 g/mol. The maximum absolute atomic E-state index is 12.5. The Morgan fingerprint density at radius 1 is 1.22 bits per heavy atom. The molecule has 8 nitrogen and oxygen atoms in total. The second-order valence-corrected chi connectivity index (χ2v) is 7.11. The fourth-order valence-electron chi connectivity index (χ4n) is 2.61. The average Bonchev–Trinajstić information content (AvgIpc) is 2.60. The van der Waals surface area contributed by atoms with Crippen LogP contribution in [0, 0.1) is 0 Å². The molecule has 1 heterocycles. The predicted molar refractivity (Wildman–Crippen MR) is 98.6 cm³/mol. The predicted octanol–water partition coefficient (Wildman–Crippen LogP) is 2.76. The smallest absolute Gasteiger partial charge is 0.433 e. The van der Waals surface area contributed by atoms with Crippen molar-refractivity contribution in [1.29, 1.82) is 0 Å². The van der Waals surface area contributed by atoms with E-state index in [1.807, 2.05) is 30.3 Å². The average molecular weight is 375 g/mol. The molecule has 1 aromatic carbocycles. The topological polar surface area (TPSA) is 99.2 Å². The van der Waals surface area contributed by atoms with Gasteiger partial charge in [-0.25, -0.2) is 9.59 Å². The number of rotatable bonds is 4. The van der Waals surface area contributed by atoms with Crippen LogP contribution < -0.4 is 5.32 Å². The monoisotopic (exact) mass is 375 g/mol. The van der Waals surface area contributed by atoms with Crippen LogP contribution in [-0.2, 0) is 16.0 Å². The van der Waals surface area contributed by atoms with E-state index in [-0.39, 0.29) is 6.42 Å². The lowest BCUT2D eigenvalue weighted by molar-refractivity contribution is -0.131. The van der Waals surface area contributed by atoms with Crippen molar-refractivity contribution in [3.05, 3.63) is 48.2 Å². The first-order valence-electron chi connectivity index (χ1n) is 8.71. The van der Waals surface area contributed by atoms with Gasteiger partial charge in [-0.3, -0.25) is 4.79 Å². The zero-order valence-electron chi connectivity index (χ0n) is 15.7. The van der Waals surface area contributed by atoms with Gasteiger partial charge in [0.1, 0.15) is 11.6 Å². The maximum atomic E-state index is 12.5. The molecule has 1 atom stereocenters. The normalized spacial score (nSPS) is 16.8. The number of ether oxygens (including phenoxy) is 1. The molecule has 1 aromatic rings. The largest absolute Gasteiger partial charge is 0.464 e. The third kappa shape index (κ3) is 5.73. The van der Waals surface area contributed by atoms with Gasteiger partial charge in [-0.1, -0.05) is 36.4 Å². The minimum atomic E-state index is -1.41. The zero-order valence-corrected chi connectivity index (χ0v) is 15.7. The first kappa shape index (κ1) is 20.3. The summed E-state index contributed by atoms with van der Waals surface area (Å²) in [6, 6.07) is 8.58. The molecule has 0 radical (unpaired) electrons. The quantitative estimate of drug-likeness (QED) is 0.843. The van der Waals surface area contributed by atoms with Crippen LogP contribution in [0.15, 0.2) is 42.6 Å². The molecule has 0 aliphatic carbocycles. The van der Waals surface area contributed by atoms with E-state index in [1.54, 1.807) is 26.8 Å². The summed E-state index contributed by atoms with van der Waals surface area (Å²) >= 11 is 0. The number of nitrogens with one attached hydrogen (secondary N) is 1. The SMILES string of the molecule is CC(C)(C)OC(=O)N1C=CCC(C(=O)NCCc2ccccc2)N1C(=O)O. The summed E-state index contributed by atoms with van der Waals surface area (Å²) in [6.07, 6.45) is 1.40. The summed E-state index contributed by atoms with van der Waals surface area (Å²) in [7, 11) is 0. The minimum Gasteiger partial charge on any atom is -0.464 e. The molecule has 8 heteroatoms. The summed E-state index contributed by atoms with van der Waals surface area (Å²) in [6.45, 7) is 5.40. The number of nitrogens with zero attached hydrogens (tertiary/aromatic N) is 2. The summed E-state index contributed by atoms with van der Waals surface area (Å²) in [5, 5.41) is 13.8. The van der Waals surface area contributed by atoms with Crippen LogP contribution in [-0.4, -0.2) is 51.4 Å². The van der Waals surface area contributed by atoms with Crippen molar-refractivity contribution in [3.8, 4) is 0 Å². The van der Waals surface area contributed by atoms with Crippen molar-refractivity contribution in [1.82, 2.24) is 15.3 Å². The number of amides is 3. The summed E-state index contributed by atoms with van der Waals surface area (Å²) < 4.78 is 5.22. The number of benzene rings is 1. The van der Waals surface area contributed by atoms with Crippen LogP contribution in [0.2, 0.25) is 0 Å². The maximum Gasteiger partial charge on any atom is 0.433 e. The van der Waals surface area contributed by atoms with Crippen LogP contribution in [0.25, 0.3) is 0 Å². The van der Waals surface area contributed by atoms with E-state index in [0.717, 1.165) is 10.6 Å². The molecular formula is C19H25N3O5. The Hall–Kier alpha value is -3.03. The fraction of sp³-hybridized carbons (Fsp3) is 0.421. The van der Waals surface area contributed by atoms with Gasteiger partial charge in [-0.2, -0.15) is 10.0 Å². The minimum absolute atomic E-state index is 0.169. The second-order valence-electron chi connectivity index (χ2n) is 7.11. The van der Waals surface area contributed by atoms with E-state index in [4.69, 9.17) is 4.74 Å². The number of carboxylic acid groups (broad SMARTS) is 1. The van der Waals surface area contributed by atoms with Crippen LogP contribution >= 0.6 is 0 Å². The standard InChI is InChI=1S/C19H25N3O5/c1-19(2,3)27-18(26)21-13-7-10-15(22(21)17(24)25)16(23)20-12-11-14-8-5-4-6-9-14/h4-9,13,15H,10-12H2,1-3H3,(H,20,23)(H,24,25). The van der Waals surface area contributed by atoms with Gasteiger partial charge in [0, 0.05) is 12.7 Å². The molecule has 3 amide bonds. The molecule has 0 saturated heterocycles. The highest BCUT2D eigenvalue weighted by molar-refractivity contribution is 5.87. The van der Waals surface area contributed by atoms with Crippen molar-refractivity contribution >= 4 is 18.1 Å². The van der Waals surface area contributed by atoms with Crippen molar-refractivity contribution in [2.75, 3.05) is 6.54 Å². The van der Waals surface area contributed by atoms with Gasteiger partial charge in [0.15, 0.2) is 0 Å². The molecule has 0 saturated carbocycles. The first-order chi connectivity index (χ1) is 12.7. The van der Waals surface area contributed by atoms with Crippen LogP contribution in [0.3, 0.4) is 0 Å². The Balaban J connectivity index is 2.03. The summed E-state index contributed by atoms with van der Waals surface area (Å²) in [4.78, 5) is 36.5. The lowest BCUT2D eigenvalue weighted by Crippen LogP contribution is -2.59. The zero-order chi connectivity index (χ0) is 20.0. The summed E-state index contributed by atoms with van der Waals surface area (Å²) in [5.41, 5.74) is 0.270. The number of hydrogen-bond donors (Lipinski definition) is 2. The molecule has 0 bridgehead atoms. The number of carbonyl (C=O) groups excluding carboxylic acids is 2. The highest BCUT2D eigenvalue weighted by Gasteiger charge is 2.39. The first-order valence-corrected chi connectivity index (χ1v) is 8.71. The van der Waals surface area contributed by atoms with Gasteiger partial charge in [0.05, 0.1) is 0 Å². The molecule has 2 N–H and O–H groups in total. The van der Waals surface area contributed by atoms with Gasteiger partial charge in [0.25, 0.3) is 0 Å². The van der Waals surface area contributed by atoms with E-state index >= 15 is 0 Å². The van der Waals surface area contributed by atoms with Crippen LogP contribution in [0.4, 0.5) is 9.59 Å². The third-order valence-corrected chi connectivity index (χ3v) is 3.77. The Morgan fingerprint density at radius 3 is 2.48 bits per heavy atom. The summed E-state index contributed by atoms with van der Waals surface area (Å²) in [5.74, 6) is -0.466. The molecule has 0 spiro atoms. The molecule has 1 aliphatic heterocycles. The van der Waals surface area contributed by atoms with Gasteiger partial charge in [-0.15, -0.1) is 0 Å². The number of carbonyl (C=O) groups is 3. The van der Waals surface area contributed by atoms with E-state index in [2.05, 4.69) is 5.32 Å². The van der Waals surface area contributed by atoms with Crippen molar-refractivity contribution in [2.45, 2.75) is 45.3 Å². The highest BCUT2D eigenvalue weighted by atomic mass is 16.6. The Labute approximate surface area is 158 Å². The highest BCUT2D eigenvalue weighted by Crippen LogP contribution is 2.20. The van der Waals surface area contributed by atoms with E-state index in [1.165, 1.54) is 6.20 Å². The molecule has 1 aliphatic rings. The van der Waals surface area contributed by atoms with Gasteiger partial charge in [0.2, 0.25) is 5.91 Å². The van der Waals surface area contributed by atoms with Crippen molar-refractivity contribution in [2.24, 2.45) is 0 Å². The molecule has 0 fully saturated rings. The molecule has 2 rings (SSSR count). The van der Waals surface area contributed by atoms with Gasteiger partial charge in [-0.05, 0) is 39.2 Å². The van der Waals surface area contributed by atoms with E-state index in [0.29, 0.717) is 18.0 Å². The number of hydrazine groups is 1. The molecule has 1 unspecified atom stereocenters. The Morgan fingerprint density at radius 2 is 1.89 bits per heavy atom. The lowest BCUT2D eigenvalue weighted by Gasteiger charge is -2.38. The van der Waals surface area contributed by atoms with E-state index in [9.17, 15) is 19.5 Å². The Bertz CT molecular complexity index is 712. The number of hydrogen-bond acceptors (Lipinski definition) is 4. The van der Waals surface area contributed by atoms with Gasteiger partial charge >= 0.3 is 12.2 Å². The second kappa shape index (κ2) is 8.57. The molecule has 0 aromatic heterocycles.